The first-order chi connectivity index (χ1) is 13.9. The molecule has 1 saturated heterocycles. The molecule has 5 nitrogen and oxygen atoms in total. The molecule has 1 aliphatic carbocycles. The van der Waals surface area contributed by atoms with Crippen LogP contribution < -0.4 is 15.5 Å². The highest BCUT2D eigenvalue weighted by Crippen LogP contribution is 2.35. The fourth-order valence-electron chi connectivity index (χ4n) is 4.24. The van der Waals surface area contributed by atoms with Gasteiger partial charge in [0.25, 0.3) is 0 Å². The highest BCUT2D eigenvalue weighted by Gasteiger charge is 2.27. The summed E-state index contributed by atoms with van der Waals surface area (Å²) in [5.41, 5.74) is 1.93. The van der Waals surface area contributed by atoms with Crippen molar-refractivity contribution in [2.75, 3.05) is 24.5 Å². The molecule has 162 valence electrons. The molecular formula is C23H37FN4O. The van der Waals surface area contributed by atoms with Crippen molar-refractivity contribution in [1.29, 1.82) is 0 Å². The molecule has 0 spiro atoms. The summed E-state index contributed by atoms with van der Waals surface area (Å²) >= 11 is 0. The van der Waals surface area contributed by atoms with Gasteiger partial charge in [0.1, 0.15) is 5.82 Å². The number of hydrogen-bond acceptors (Lipinski definition) is 3. The van der Waals surface area contributed by atoms with Gasteiger partial charge >= 0.3 is 0 Å². The Morgan fingerprint density at radius 3 is 2.52 bits per heavy atom. The minimum absolute atomic E-state index is 0.207. The summed E-state index contributed by atoms with van der Waals surface area (Å²) < 4.78 is 14.7. The fraction of sp³-hybridized carbons (Fsp3) is 0.696. The maximum absolute atomic E-state index is 14.7. The van der Waals surface area contributed by atoms with E-state index in [1.807, 2.05) is 17.0 Å². The van der Waals surface area contributed by atoms with Crippen molar-refractivity contribution in [2.24, 2.45) is 10.4 Å². The van der Waals surface area contributed by atoms with Crippen LogP contribution in [0, 0.1) is 11.2 Å². The zero-order valence-corrected chi connectivity index (χ0v) is 18.2. The van der Waals surface area contributed by atoms with E-state index in [0.29, 0.717) is 49.6 Å². The first kappa shape index (κ1) is 21.9. The van der Waals surface area contributed by atoms with E-state index in [9.17, 15) is 9.50 Å². The monoisotopic (exact) mass is 404 g/mol. The van der Waals surface area contributed by atoms with Crippen LogP contribution in [0.1, 0.15) is 64.9 Å². The summed E-state index contributed by atoms with van der Waals surface area (Å²) in [5, 5.41) is 16.5. The van der Waals surface area contributed by atoms with E-state index in [1.165, 1.54) is 12.8 Å². The molecule has 1 aromatic carbocycles. The Morgan fingerprint density at radius 1 is 1.21 bits per heavy atom. The van der Waals surface area contributed by atoms with Crippen molar-refractivity contribution >= 4 is 11.6 Å². The zero-order valence-electron chi connectivity index (χ0n) is 18.2. The number of benzene rings is 1. The molecule has 0 bridgehead atoms. The number of nitrogens with one attached hydrogen (secondary N) is 2. The van der Waals surface area contributed by atoms with Gasteiger partial charge in [0, 0.05) is 25.7 Å². The Bertz CT molecular complexity index is 688. The van der Waals surface area contributed by atoms with Crippen LogP contribution in [0.3, 0.4) is 0 Å². The third-order valence-corrected chi connectivity index (χ3v) is 6.26. The summed E-state index contributed by atoms with van der Waals surface area (Å²) in [7, 11) is 0. The molecule has 0 radical (unpaired) electrons. The largest absolute Gasteiger partial charge is 0.393 e. The number of rotatable bonds is 5. The molecule has 1 heterocycles. The molecule has 2 fully saturated rings. The van der Waals surface area contributed by atoms with Gasteiger partial charge in [-0.3, -0.25) is 0 Å². The first-order valence-electron chi connectivity index (χ1n) is 11.1. The van der Waals surface area contributed by atoms with Crippen LogP contribution in [-0.2, 0) is 6.54 Å². The fourth-order valence-corrected chi connectivity index (χ4v) is 4.24. The number of nitrogens with zero attached hydrogens (tertiary/aromatic N) is 2. The Balaban J connectivity index is 1.59. The minimum Gasteiger partial charge on any atom is -0.393 e. The van der Waals surface area contributed by atoms with Gasteiger partial charge in [0.2, 0.25) is 0 Å². The maximum Gasteiger partial charge on any atom is 0.191 e. The van der Waals surface area contributed by atoms with E-state index < -0.39 is 0 Å². The van der Waals surface area contributed by atoms with Gasteiger partial charge in [-0.05, 0) is 68.6 Å². The van der Waals surface area contributed by atoms with Crippen molar-refractivity contribution < 1.29 is 9.50 Å². The van der Waals surface area contributed by atoms with Gasteiger partial charge in [-0.2, -0.15) is 0 Å². The standard InChI is InChI=1S/C23H37FN4O/c1-4-25-22(27-18-7-11-23(2,3)12-8-18)26-16-17-5-6-21(20(24)15-17)28-13-9-19(29)10-14-28/h5-6,15,18-19,29H,4,7-14,16H2,1-3H3,(H2,25,26,27). The highest BCUT2D eigenvalue weighted by molar-refractivity contribution is 5.80. The predicted octanol–water partition coefficient (Wildman–Crippen LogP) is 3.81. The molecule has 1 aliphatic heterocycles. The van der Waals surface area contributed by atoms with E-state index in [-0.39, 0.29) is 11.9 Å². The molecule has 0 atom stereocenters. The Kier molecular flexibility index (Phi) is 7.38. The molecular weight excluding hydrogens is 367 g/mol. The quantitative estimate of drug-likeness (QED) is 0.516. The molecule has 1 aromatic rings. The number of hydrogen-bond donors (Lipinski definition) is 3. The number of halogens is 1. The minimum atomic E-state index is -0.254. The van der Waals surface area contributed by atoms with Crippen LogP contribution in [0.15, 0.2) is 23.2 Å². The zero-order chi connectivity index (χ0) is 20.9. The number of piperidine rings is 1. The average molecular weight is 405 g/mol. The van der Waals surface area contributed by atoms with Crippen LogP contribution in [0.25, 0.3) is 0 Å². The highest BCUT2D eigenvalue weighted by atomic mass is 19.1. The first-order valence-corrected chi connectivity index (χ1v) is 11.1. The number of guanidine groups is 1. The molecule has 29 heavy (non-hydrogen) atoms. The summed E-state index contributed by atoms with van der Waals surface area (Å²) in [4.78, 5) is 6.71. The predicted molar refractivity (Wildman–Crippen MR) is 118 cm³/mol. The molecule has 0 aromatic heterocycles. The van der Waals surface area contributed by atoms with Crippen molar-refractivity contribution in [2.45, 2.75) is 78.0 Å². The van der Waals surface area contributed by atoms with E-state index in [1.54, 1.807) is 6.07 Å². The topological polar surface area (TPSA) is 59.9 Å². The second-order valence-electron chi connectivity index (χ2n) is 9.28. The molecule has 0 amide bonds. The van der Waals surface area contributed by atoms with E-state index in [2.05, 4.69) is 36.4 Å². The number of anilines is 1. The third kappa shape index (κ3) is 6.33. The second kappa shape index (κ2) is 9.79. The third-order valence-electron chi connectivity index (χ3n) is 6.26. The Hall–Kier alpha value is -1.82. The second-order valence-corrected chi connectivity index (χ2v) is 9.28. The van der Waals surface area contributed by atoms with Crippen LogP contribution in [0.2, 0.25) is 0 Å². The van der Waals surface area contributed by atoms with Gasteiger partial charge in [-0.15, -0.1) is 0 Å². The molecule has 3 N–H and O–H groups in total. The lowest BCUT2D eigenvalue weighted by Gasteiger charge is -2.35. The van der Waals surface area contributed by atoms with E-state index >= 15 is 0 Å². The van der Waals surface area contributed by atoms with Crippen molar-refractivity contribution in [3.05, 3.63) is 29.6 Å². The molecule has 0 unspecified atom stereocenters. The lowest BCUT2D eigenvalue weighted by atomic mass is 9.75. The van der Waals surface area contributed by atoms with Crippen molar-refractivity contribution in [3.8, 4) is 0 Å². The van der Waals surface area contributed by atoms with Crippen LogP contribution >= 0.6 is 0 Å². The van der Waals surface area contributed by atoms with E-state index in [0.717, 1.165) is 30.9 Å². The van der Waals surface area contributed by atoms with Gasteiger partial charge in [-0.25, -0.2) is 9.38 Å². The average Bonchev–Trinajstić information content (AvgIpc) is 2.69. The van der Waals surface area contributed by atoms with Gasteiger partial charge < -0.3 is 20.6 Å². The number of aliphatic hydroxyl groups is 1. The van der Waals surface area contributed by atoms with Gasteiger partial charge in [0.15, 0.2) is 5.96 Å². The van der Waals surface area contributed by atoms with E-state index in [4.69, 9.17) is 0 Å². The molecule has 1 saturated carbocycles. The molecule has 3 rings (SSSR count). The lowest BCUT2D eigenvalue weighted by molar-refractivity contribution is 0.145. The summed E-state index contributed by atoms with van der Waals surface area (Å²) in [6, 6.07) is 5.85. The Morgan fingerprint density at radius 2 is 1.90 bits per heavy atom. The smallest absolute Gasteiger partial charge is 0.191 e. The summed E-state index contributed by atoms with van der Waals surface area (Å²) in [6.45, 7) is 9.39. The lowest BCUT2D eigenvalue weighted by Crippen LogP contribution is -2.45. The molecule has 6 heteroatoms. The van der Waals surface area contributed by atoms with Crippen LogP contribution in [0.5, 0.6) is 0 Å². The number of aliphatic hydroxyl groups excluding tert-OH is 1. The van der Waals surface area contributed by atoms with Crippen LogP contribution in [-0.4, -0.2) is 42.8 Å². The van der Waals surface area contributed by atoms with Gasteiger partial charge in [0.05, 0.1) is 18.3 Å². The van der Waals surface area contributed by atoms with Crippen LogP contribution in [0.4, 0.5) is 10.1 Å². The maximum atomic E-state index is 14.7. The van der Waals surface area contributed by atoms with Crippen molar-refractivity contribution in [1.82, 2.24) is 10.6 Å². The normalized spacial score (nSPS) is 21.3. The van der Waals surface area contributed by atoms with Gasteiger partial charge in [-0.1, -0.05) is 19.9 Å². The summed E-state index contributed by atoms with van der Waals surface area (Å²) in [5.74, 6) is 0.605. The molecule has 2 aliphatic rings. The Labute approximate surface area is 174 Å². The van der Waals surface area contributed by atoms with Crippen molar-refractivity contribution in [3.63, 3.8) is 0 Å². The SMILES string of the molecule is CCNC(=NCc1ccc(N2CCC(O)CC2)c(F)c1)NC1CCC(C)(C)CC1. The summed E-state index contributed by atoms with van der Waals surface area (Å²) in [6.07, 6.45) is 5.91. The number of aliphatic imine (C=N–C) groups is 1.